The van der Waals surface area contributed by atoms with Crippen molar-refractivity contribution in [2.24, 2.45) is 20.5 Å². The fourth-order valence-corrected chi connectivity index (χ4v) is 5.23. The quantitative estimate of drug-likeness (QED) is 0.0278. The van der Waals surface area contributed by atoms with Gasteiger partial charge in [-0.05, 0) is 42.5 Å². The molecule has 0 unspecified atom stereocenters. The number of hydrogen-bond acceptors (Lipinski definition) is 21. The summed E-state index contributed by atoms with van der Waals surface area (Å²) in [6.07, 6.45) is 0. The number of hydrogen-bond donors (Lipinski definition) is 2. The SMILES string of the molecule is C.Nc1nc(N)c(N=Nc2cc(SOO[O-])ccc2S(=O)(=O)[O-])cc1N=Nc1ccc(S(=O)(=O)CCOSOO[O-])cc1.[Na+].[Na+].[Na+]. The van der Waals surface area contributed by atoms with Crippen molar-refractivity contribution < 1.29 is 144 Å². The average Bonchev–Trinajstić information content (AvgIpc) is 2.94. The smallest absolute Gasteiger partial charge is 0.744 e. The number of benzene rings is 2. The van der Waals surface area contributed by atoms with Crippen molar-refractivity contribution in [1.82, 2.24) is 4.98 Å². The molecule has 1 heterocycles. The van der Waals surface area contributed by atoms with Crippen LogP contribution in [0.2, 0.25) is 0 Å². The van der Waals surface area contributed by atoms with E-state index in [0.29, 0.717) is 12.0 Å². The first-order valence-corrected chi connectivity index (χ1v) is 15.1. The van der Waals surface area contributed by atoms with E-state index < -0.39 is 36.3 Å². The summed E-state index contributed by atoms with van der Waals surface area (Å²) >= 11 is 0.611. The van der Waals surface area contributed by atoms with E-state index >= 15 is 0 Å². The number of aromatic nitrogens is 1. The summed E-state index contributed by atoms with van der Waals surface area (Å²) in [4.78, 5) is 3.27. The molecule has 46 heavy (non-hydrogen) atoms. The normalized spacial score (nSPS) is 11.4. The zero-order chi connectivity index (χ0) is 30.8. The summed E-state index contributed by atoms with van der Waals surface area (Å²) in [6.45, 7) is -0.288. The summed E-state index contributed by atoms with van der Waals surface area (Å²) in [5.41, 5.74) is 11.3. The van der Waals surface area contributed by atoms with Gasteiger partial charge in [0.15, 0.2) is 33.8 Å². The van der Waals surface area contributed by atoms with Crippen molar-refractivity contribution in [3.05, 3.63) is 48.5 Å². The molecule has 0 aliphatic rings. The first-order valence-electron chi connectivity index (χ1n) is 10.6. The zero-order valence-corrected chi connectivity index (χ0v) is 32.7. The molecule has 0 aliphatic carbocycles. The van der Waals surface area contributed by atoms with Crippen LogP contribution in [0.1, 0.15) is 7.43 Å². The first-order chi connectivity index (χ1) is 19.9. The minimum absolute atomic E-state index is 0. The maximum absolute atomic E-state index is 12.4. The van der Waals surface area contributed by atoms with E-state index in [2.05, 4.69) is 44.2 Å². The van der Waals surface area contributed by atoms with Crippen LogP contribution in [-0.4, -0.2) is 38.7 Å². The largest absolute Gasteiger partial charge is 1.00 e. The van der Waals surface area contributed by atoms with Gasteiger partial charge >= 0.3 is 88.7 Å². The van der Waals surface area contributed by atoms with E-state index in [1.165, 1.54) is 36.4 Å². The van der Waals surface area contributed by atoms with Crippen LogP contribution in [0.3, 0.4) is 0 Å². The molecule has 0 spiro atoms. The molecule has 0 aliphatic heterocycles. The Morgan fingerprint density at radius 1 is 0.783 bits per heavy atom. The van der Waals surface area contributed by atoms with Gasteiger partial charge in [-0.15, -0.1) is 19.7 Å². The van der Waals surface area contributed by atoms with E-state index in [1.807, 2.05) is 0 Å². The molecular weight excluding hydrogens is 727 g/mol. The van der Waals surface area contributed by atoms with Crippen LogP contribution < -0.4 is 111 Å². The van der Waals surface area contributed by atoms with Gasteiger partial charge in [0, 0.05) is 11.0 Å². The van der Waals surface area contributed by atoms with Crippen molar-refractivity contribution >= 4 is 78.7 Å². The molecule has 26 heteroatoms. The zero-order valence-electron chi connectivity index (χ0n) is 23.5. The minimum Gasteiger partial charge on any atom is -0.744 e. The van der Waals surface area contributed by atoms with E-state index in [1.54, 1.807) is 0 Å². The Morgan fingerprint density at radius 3 is 1.91 bits per heavy atom. The maximum atomic E-state index is 12.4. The maximum Gasteiger partial charge on any atom is 1.00 e. The number of anilines is 2. The van der Waals surface area contributed by atoms with Crippen molar-refractivity contribution in [3.8, 4) is 0 Å². The Labute approximate surface area is 338 Å². The number of azo groups is 2. The van der Waals surface area contributed by atoms with Crippen LogP contribution in [-0.2, 0) is 42.9 Å². The van der Waals surface area contributed by atoms with Crippen LogP contribution in [0.4, 0.5) is 34.4 Å². The molecule has 234 valence electrons. The minimum atomic E-state index is -4.97. The molecule has 0 fully saturated rings. The van der Waals surface area contributed by atoms with E-state index in [-0.39, 0.29) is 154 Å². The predicted molar refractivity (Wildman–Crippen MR) is 145 cm³/mol. The number of rotatable bonds is 15. The Morgan fingerprint density at radius 2 is 1.35 bits per heavy atom. The fraction of sp³-hybridized carbons (Fsp3) is 0.150. The molecule has 0 radical (unpaired) electrons. The van der Waals surface area contributed by atoms with Gasteiger partial charge < -0.3 is 26.5 Å². The third kappa shape index (κ3) is 15.1. The Kier molecular flexibility index (Phi) is 24.0. The molecule has 0 amide bonds. The second kappa shape index (κ2) is 23.1. The van der Waals surface area contributed by atoms with Crippen molar-refractivity contribution in [1.29, 1.82) is 0 Å². The average molecular weight is 748 g/mol. The number of pyridine rings is 1. The number of nitrogen functional groups attached to an aromatic ring is 2. The van der Waals surface area contributed by atoms with E-state index in [4.69, 9.17) is 15.7 Å². The molecule has 2 aromatic carbocycles. The summed E-state index contributed by atoms with van der Waals surface area (Å²) < 4.78 is 72.3. The number of nitrogens with zero attached hydrogens (tertiary/aromatic N) is 5. The molecule has 4 N–H and O–H groups in total. The van der Waals surface area contributed by atoms with Gasteiger partial charge in [-0.3, -0.25) is 14.3 Å². The Balaban J connectivity index is 0. The fourth-order valence-electron chi connectivity index (χ4n) is 2.84. The summed E-state index contributed by atoms with van der Waals surface area (Å²) in [6, 6.07) is 9.70. The van der Waals surface area contributed by atoms with Crippen molar-refractivity contribution in [3.63, 3.8) is 0 Å². The second-order valence-electron chi connectivity index (χ2n) is 7.34. The molecule has 19 nitrogen and oxygen atoms in total. The second-order valence-corrected chi connectivity index (χ2v) is 12.1. The van der Waals surface area contributed by atoms with Crippen molar-refractivity contribution in [2.75, 3.05) is 23.8 Å². The van der Waals surface area contributed by atoms with Gasteiger partial charge in [0.05, 0.1) is 39.9 Å². The number of sulfone groups is 1. The molecule has 3 rings (SSSR count). The molecular formula is C20H20N7Na3O12S4. The van der Waals surface area contributed by atoms with Gasteiger partial charge in [-0.2, -0.15) is 9.45 Å². The van der Waals surface area contributed by atoms with E-state index in [0.717, 1.165) is 12.1 Å². The molecule has 0 saturated heterocycles. The van der Waals surface area contributed by atoms with Gasteiger partial charge in [-0.25, -0.2) is 21.8 Å². The predicted octanol–water partition coefficient (Wildman–Crippen LogP) is -6.56. The van der Waals surface area contributed by atoms with E-state index in [9.17, 15) is 31.9 Å². The monoisotopic (exact) mass is 747 g/mol. The summed E-state index contributed by atoms with van der Waals surface area (Å²) in [5, 5.41) is 41.5. The van der Waals surface area contributed by atoms with Crippen LogP contribution >= 0.6 is 24.4 Å². The topological polar surface area (TPSA) is 298 Å². The van der Waals surface area contributed by atoms with Crippen LogP contribution in [0, 0.1) is 0 Å². The van der Waals surface area contributed by atoms with Crippen molar-refractivity contribution in [2.45, 2.75) is 22.1 Å². The first kappa shape index (κ1) is 47.8. The van der Waals surface area contributed by atoms with Gasteiger partial charge in [0.1, 0.15) is 27.2 Å². The van der Waals surface area contributed by atoms with Gasteiger partial charge in [0.25, 0.3) is 0 Å². The number of nitrogens with two attached hydrogens (primary N) is 2. The van der Waals surface area contributed by atoms with Gasteiger partial charge in [0.2, 0.25) is 0 Å². The third-order valence-electron chi connectivity index (χ3n) is 4.67. The standard InChI is InChI=1S/C19H19N7O12S4.CH4.3Na/c20-18-15(25-23-11-1-4-13(5-2-11)41(29,30)8-7-34-40-38-36-28)10-16(19(21)22-18)26-24-14-9-12(39-37-35-27)3-6-17(14)42(31,32)33;;;;/h1-6,9-10,27-28H,7-8H2,(H4,20,21,22)(H,31,32,33);1H4;;;/q;;3*+1/p-3. The molecule has 0 bridgehead atoms. The summed E-state index contributed by atoms with van der Waals surface area (Å²) in [7, 11) is -8.71. The molecule has 0 atom stereocenters. The van der Waals surface area contributed by atoms with Crippen LogP contribution in [0.15, 0.2) is 83.7 Å². The molecule has 1 aromatic heterocycles. The Bertz CT molecular complexity index is 1670. The van der Waals surface area contributed by atoms with Gasteiger partial charge in [-0.1, -0.05) is 7.43 Å². The molecule has 0 saturated carbocycles. The van der Waals surface area contributed by atoms with Crippen LogP contribution in [0.5, 0.6) is 0 Å². The molecule has 3 aromatic rings. The Hall–Kier alpha value is -0.330. The summed E-state index contributed by atoms with van der Waals surface area (Å²) in [5.74, 6) is -0.795. The van der Waals surface area contributed by atoms with Crippen LogP contribution in [0.25, 0.3) is 0 Å². The third-order valence-corrected chi connectivity index (χ3v) is 8.19.